The Kier molecular flexibility index (Phi) is 6.15. The first-order chi connectivity index (χ1) is 11.4. The fraction of sp³-hybridized carbons (Fsp3) is 0.474. The molecule has 0 spiro atoms. The monoisotopic (exact) mass is 328 g/mol. The molecule has 0 aliphatic carbocycles. The first kappa shape index (κ1) is 18.2. The Hall–Kier alpha value is -2.14. The number of nitrogens with zero attached hydrogens (tertiary/aromatic N) is 3. The fourth-order valence-corrected chi connectivity index (χ4v) is 2.84. The topological polar surface area (TPSA) is 50.2 Å². The summed E-state index contributed by atoms with van der Waals surface area (Å²) in [5.74, 6) is 0.00103. The minimum atomic E-state index is -0.307. The van der Waals surface area contributed by atoms with Crippen molar-refractivity contribution in [2.75, 3.05) is 20.6 Å². The van der Waals surface area contributed by atoms with Gasteiger partial charge in [0.15, 0.2) is 0 Å². The Morgan fingerprint density at radius 3 is 2.46 bits per heavy atom. The Labute approximate surface area is 144 Å². The molecule has 2 atom stereocenters. The van der Waals surface area contributed by atoms with E-state index in [0.29, 0.717) is 6.54 Å². The predicted octanol–water partition coefficient (Wildman–Crippen LogP) is 2.35. The van der Waals surface area contributed by atoms with Gasteiger partial charge >= 0.3 is 0 Å². The first-order valence-electron chi connectivity index (χ1n) is 8.39. The standard InChI is InChI=1S/C19H28N4O/c1-14-11-15(2)23(21-14)16(3)19(24)20-13-18(22(4)5)12-17-9-7-6-8-10-17/h6-11,16,18H,12-13H2,1-5H3,(H,20,24)/t16-,18+/m1/s1. The highest BCUT2D eigenvalue weighted by Crippen LogP contribution is 2.11. The average Bonchev–Trinajstić information content (AvgIpc) is 2.89. The van der Waals surface area contributed by atoms with Crippen LogP contribution in [0.5, 0.6) is 0 Å². The van der Waals surface area contributed by atoms with E-state index < -0.39 is 0 Å². The van der Waals surface area contributed by atoms with Gasteiger partial charge in [0.2, 0.25) is 5.91 Å². The highest BCUT2D eigenvalue weighted by Gasteiger charge is 2.20. The SMILES string of the molecule is Cc1cc(C)n([C@H](C)C(=O)NC[C@H](Cc2ccccc2)N(C)C)n1. The molecule has 5 heteroatoms. The largest absolute Gasteiger partial charge is 0.353 e. The lowest BCUT2D eigenvalue weighted by Crippen LogP contribution is -2.43. The van der Waals surface area contributed by atoms with Crippen LogP contribution in [0.1, 0.15) is 29.9 Å². The highest BCUT2D eigenvalue weighted by molar-refractivity contribution is 5.79. The summed E-state index contributed by atoms with van der Waals surface area (Å²) in [6.45, 7) is 6.42. The van der Waals surface area contributed by atoms with Crippen LogP contribution >= 0.6 is 0 Å². The third kappa shape index (κ3) is 4.68. The smallest absolute Gasteiger partial charge is 0.244 e. The number of amides is 1. The molecule has 0 bridgehead atoms. The number of hydrogen-bond donors (Lipinski definition) is 1. The average molecular weight is 328 g/mol. The maximum Gasteiger partial charge on any atom is 0.244 e. The number of rotatable bonds is 7. The number of likely N-dealkylation sites (N-methyl/N-ethyl adjacent to an activating group) is 1. The van der Waals surface area contributed by atoms with Gasteiger partial charge in [-0.05, 0) is 52.9 Å². The molecule has 1 amide bonds. The van der Waals surface area contributed by atoms with Crippen LogP contribution in [0.25, 0.3) is 0 Å². The van der Waals surface area contributed by atoms with Crippen molar-refractivity contribution in [1.29, 1.82) is 0 Å². The Bertz CT molecular complexity index is 663. The molecule has 0 fully saturated rings. The van der Waals surface area contributed by atoms with Crippen molar-refractivity contribution in [3.8, 4) is 0 Å². The van der Waals surface area contributed by atoms with E-state index in [4.69, 9.17) is 0 Å². The third-order valence-electron chi connectivity index (χ3n) is 4.35. The van der Waals surface area contributed by atoms with E-state index >= 15 is 0 Å². The fourth-order valence-electron chi connectivity index (χ4n) is 2.84. The van der Waals surface area contributed by atoms with Crippen LogP contribution in [0.2, 0.25) is 0 Å². The van der Waals surface area contributed by atoms with Crippen LogP contribution in [-0.2, 0) is 11.2 Å². The lowest BCUT2D eigenvalue weighted by molar-refractivity contribution is -0.124. The number of carbonyl (C=O) groups is 1. The van der Waals surface area contributed by atoms with Gasteiger partial charge in [-0.2, -0.15) is 5.10 Å². The molecule has 1 N–H and O–H groups in total. The Morgan fingerprint density at radius 2 is 1.92 bits per heavy atom. The van der Waals surface area contributed by atoms with Crippen molar-refractivity contribution in [2.24, 2.45) is 0 Å². The lowest BCUT2D eigenvalue weighted by Gasteiger charge is -2.25. The van der Waals surface area contributed by atoms with Crippen LogP contribution in [0.4, 0.5) is 0 Å². The maximum atomic E-state index is 12.5. The quantitative estimate of drug-likeness (QED) is 0.849. The summed E-state index contributed by atoms with van der Waals surface area (Å²) in [5, 5.41) is 7.48. The molecule has 130 valence electrons. The molecule has 2 aromatic rings. The zero-order valence-electron chi connectivity index (χ0n) is 15.3. The molecule has 0 aliphatic heterocycles. The van der Waals surface area contributed by atoms with Gasteiger partial charge in [-0.3, -0.25) is 9.48 Å². The van der Waals surface area contributed by atoms with Crippen molar-refractivity contribution in [3.63, 3.8) is 0 Å². The molecule has 0 saturated carbocycles. The summed E-state index contributed by atoms with van der Waals surface area (Å²) in [6.07, 6.45) is 0.905. The van der Waals surface area contributed by atoms with E-state index in [2.05, 4.69) is 27.4 Å². The normalized spacial score (nSPS) is 13.8. The summed E-state index contributed by atoms with van der Waals surface area (Å²) >= 11 is 0. The second-order valence-corrected chi connectivity index (χ2v) is 6.60. The van der Waals surface area contributed by atoms with E-state index in [0.717, 1.165) is 17.8 Å². The lowest BCUT2D eigenvalue weighted by atomic mass is 10.1. The van der Waals surface area contributed by atoms with Crippen molar-refractivity contribution in [1.82, 2.24) is 20.0 Å². The molecule has 2 rings (SSSR count). The molecule has 1 heterocycles. The van der Waals surface area contributed by atoms with E-state index in [1.165, 1.54) is 5.56 Å². The minimum absolute atomic E-state index is 0.00103. The summed E-state index contributed by atoms with van der Waals surface area (Å²) in [4.78, 5) is 14.6. The van der Waals surface area contributed by atoms with Crippen LogP contribution in [0.15, 0.2) is 36.4 Å². The van der Waals surface area contributed by atoms with Crippen molar-refractivity contribution in [2.45, 2.75) is 39.3 Å². The van der Waals surface area contributed by atoms with Gasteiger partial charge in [0, 0.05) is 18.3 Å². The van der Waals surface area contributed by atoms with Crippen LogP contribution in [0, 0.1) is 13.8 Å². The molecular formula is C19H28N4O. The third-order valence-corrected chi connectivity index (χ3v) is 4.35. The van der Waals surface area contributed by atoms with E-state index in [1.54, 1.807) is 4.68 Å². The van der Waals surface area contributed by atoms with Crippen molar-refractivity contribution < 1.29 is 4.79 Å². The van der Waals surface area contributed by atoms with E-state index in [1.807, 2.05) is 59.1 Å². The van der Waals surface area contributed by atoms with Gasteiger partial charge in [0.1, 0.15) is 6.04 Å². The Morgan fingerprint density at radius 1 is 1.25 bits per heavy atom. The molecule has 5 nitrogen and oxygen atoms in total. The van der Waals surface area contributed by atoms with Crippen LogP contribution < -0.4 is 5.32 Å². The van der Waals surface area contributed by atoms with Gasteiger partial charge in [-0.15, -0.1) is 0 Å². The number of aromatic nitrogens is 2. The van der Waals surface area contributed by atoms with Crippen molar-refractivity contribution in [3.05, 3.63) is 53.3 Å². The van der Waals surface area contributed by atoms with E-state index in [-0.39, 0.29) is 18.0 Å². The van der Waals surface area contributed by atoms with Crippen molar-refractivity contribution >= 4 is 5.91 Å². The van der Waals surface area contributed by atoms with Gasteiger partial charge in [0.05, 0.1) is 5.69 Å². The molecular weight excluding hydrogens is 300 g/mol. The van der Waals surface area contributed by atoms with Gasteiger partial charge in [-0.25, -0.2) is 0 Å². The molecule has 0 radical (unpaired) electrons. The summed E-state index contributed by atoms with van der Waals surface area (Å²) in [6, 6.07) is 12.3. The van der Waals surface area contributed by atoms with Gasteiger partial charge in [0.25, 0.3) is 0 Å². The number of carbonyl (C=O) groups excluding carboxylic acids is 1. The number of benzene rings is 1. The number of nitrogens with one attached hydrogen (secondary N) is 1. The second kappa shape index (κ2) is 8.11. The summed E-state index contributed by atoms with van der Waals surface area (Å²) < 4.78 is 1.78. The number of hydrogen-bond acceptors (Lipinski definition) is 3. The summed E-state index contributed by atoms with van der Waals surface area (Å²) in [7, 11) is 4.09. The predicted molar refractivity (Wildman–Crippen MR) is 97.0 cm³/mol. The molecule has 0 aliphatic rings. The minimum Gasteiger partial charge on any atom is -0.353 e. The first-order valence-corrected chi connectivity index (χ1v) is 8.39. The molecule has 24 heavy (non-hydrogen) atoms. The summed E-state index contributed by atoms with van der Waals surface area (Å²) in [5.41, 5.74) is 3.21. The maximum absolute atomic E-state index is 12.5. The molecule has 0 saturated heterocycles. The molecule has 0 unspecified atom stereocenters. The highest BCUT2D eigenvalue weighted by atomic mass is 16.2. The zero-order chi connectivity index (χ0) is 17.7. The van der Waals surface area contributed by atoms with E-state index in [9.17, 15) is 4.79 Å². The zero-order valence-corrected chi connectivity index (χ0v) is 15.3. The van der Waals surface area contributed by atoms with Crippen LogP contribution in [0.3, 0.4) is 0 Å². The van der Waals surface area contributed by atoms with Gasteiger partial charge in [-0.1, -0.05) is 30.3 Å². The molecule has 1 aromatic heterocycles. The Balaban J connectivity index is 1.96. The van der Waals surface area contributed by atoms with Crippen LogP contribution in [-0.4, -0.2) is 47.3 Å². The van der Waals surface area contributed by atoms with Gasteiger partial charge < -0.3 is 10.2 Å². The molecule has 1 aromatic carbocycles. The second-order valence-electron chi connectivity index (χ2n) is 6.60. The number of aryl methyl sites for hydroxylation is 2.